The first-order chi connectivity index (χ1) is 13.7. The Kier molecular flexibility index (Phi) is 4.79. The molecule has 136 valence electrons. The molecule has 0 aliphatic rings. The van der Waals surface area contributed by atoms with Crippen molar-refractivity contribution < 1.29 is 4.74 Å². The molecule has 0 saturated heterocycles. The standard InChI is InChI=1S/C21H14BrN5O/c22-18-13-25-11-10-19(18)27-21(24)17(12-23)20(26-27)14-6-8-16(9-7-14)28-15-4-2-1-3-5-15/h1-11,13H,24H2. The van der Waals surface area contributed by atoms with Crippen molar-refractivity contribution in [3.8, 4) is 34.5 Å². The average Bonchev–Trinajstić information content (AvgIpc) is 3.06. The van der Waals surface area contributed by atoms with E-state index in [1.165, 1.54) is 4.68 Å². The molecule has 4 aromatic rings. The zero-order valence-corrected chi connectivity index (χ0v) is 16.2. The van der Waals surface area contributed by atoms with Gasteiger partial charge in [0.05, 0.1) is 10.2 Å². The zero-order valence-electron chi connectivity index (χ0n) is 14.6. The molecule has 2 heterocycles. The van der Waals surface area contributed by atoms with Gasteiger partial charge in [-0.25, -0.2) is 4.68 Å². The highest BCUT2D eigenvalue weighted by Crippen LogP contribution is 2.32. The summed E-state index contributed by atoms with van der Waals surface area (Å²) in [6.07, 6.45) is 3.29. The number of aromatic nitrogens is 3. The van der Waals surface area contributed by atoms with E-state index in [0.717, 1.165) is 15.8 Å². The minimum atomic E-state index is 0.272. The number of halogens is 1. The number of anilines is 1. The quantitative estimate of drug-likeness (QED) is 0.493. The van der Waals surface area contributed by atoms with Gasteiger partial charge in [-0.2, -0.15) is 10.4 Å². The topological polar surface area (TPSA) is 89.8 Å². The average molecular weight is 432 g/mol. The first kappa shape index (κ1) is 17.8. The predicted octanol–water partition coefficient (Wildman–Crippen LogP) is 4.94. The van der Waals surface area contributed by atoms with E-state index in [-0.39, 0.29) is 5.82 Å². The molecule has 0 atom stereocenters. The molecule has 0 unspecified atom stereocenters. The van der Waals surface area contributed by atoms with Crippen molar-refractivity contribution >= 4 is 21.7 Å². The molecule has 0 bridgehead atoms. The lowest BCUT2D eigenvalue weighted by Crippen LogP contribution is -2.03. The smallest absolute Gasteiger partial charge is 0.145 e. The number of benzene rings is 2. The number of ether oxygens (including phenoxy) is 1. The second-order valence-electron chi connectivity index (χ2n) is 5.90. The minimum Gasteiger partial charge on any atom is -0.457 e. The van der Waals surface area contributed by atoms with Gasteiger partial charge in [0.25, 0.3) is 0 Å². The Balaban J connectivity index is 1.70. The van der Waals surface area contributed by atoms with E-state index >= 15 is 0 Å². The van der Waals surface area contributed by atoms with Crippen molar-refractivity contribution in [1.29, 1.82) is 5.26 Å². The number of nitrogens with zero attached hydrogens (tertiary/aromatic N) is 4. The van der Waals surface area contributed by atoms with E-state index in [4.69, 9.17) is 10.5 Å². The first-order valence-electron chi connectivity index (χ1n) is 8.39. The van der Waals surface area contributed by atoms with Crippen molar-refractivity contribution in [3.05, 3.63) is 83.1 Å². The van der Waals surface area contributed by atoms with Crippen molar-refractivity contribution in [3.63, 3.8) is 0 Å². The fourth-order valence-corrected chi connectivity index (χ4v) is 3.19. The predicted molar refractivity (Wildman–Crippen MR) is 110 cm³/mol. The number of pyridine rings is 1. The molecule has 0 aliphatic heterocycles. The maximum atomic E-state index is 9.61. The number of hydrogen-bond donors (Lipinski definition) is 1. The Labute approximate surface area is 170 Å². The van der Waals surface area contributed by atoms with Crippen LogP contribution in [0.5, 0.6) is 11.5 Å². The summed E-state index contributed by atoms with van der Waals surface area (Å²) in [6.45, 7) is 0. The molecule has 28 heavy (non-hydrogen) atoms. The van der Waals surface area contributed by atoms with Gasteiger partial charge in [-0.3, -0.25) is 4.98 Å². The molecule has 0 radical (unpaired) electrons. The lowest BCUT2D eigenvalue weighted by Gasteiger charge is -2.06. The molecule has 7 heteroatoms. The summed E-state index contributed by atoms with van der Waals surface area (Å²) in [6, 6.07) is 20.8. The monoisotopic (exact) mass is 431 g/mol. The highest BCUT2D eigenvalue weighted by Gasteiger charge is 2.19. The third-order valence-corrected chi connectivity index (χ3v) is 4.73. The summed E-state index contributed by atoms with van der Waals surface area (Å²) in [5.74, 6) is 1.72. The van der Waals surface area contributed by atoms with Gasteiger partial charge in [-0.15, -0.1) is 0 Å². The molecule has 4 rings (SSSR count). The number of nitriles is 1. The second kappa shape index (κ2) is 7.55. The van der Waals surface area contributed by atoms with Crippen molar-refractivity contribution in [2.24, 2.45) is 0 Å². The van der Waals surface area contributed by atoms with Crippen LogP contribution in [-0.2, 0) is 0 Å². The number of nitrogen functional groups attached to an aromatic ring is 1. The highest BCUT2D eigenvalue weighted by atomic mass is 79.9. The van der Waals surface area contributed by atoms with Crippen LogP contribution in [-0.4, -0.2) is 14.8 Å². The van der Waals surface area contributed by atoms with Gasteiger partial charge in [-0.05, 0) is 58.4 Å². The van der Waals surface area contributed by atoms with Gasteiger partial charge in [-0.1, -0.05) is 18.2 Å². The molecule has 6 nitrogen and oxygen atoms in total. The van der Waals surface area contributed by atoms with Crippen LogP contribution >= 0.6 is 15.9 Å². The molecule has 0 aliphatic carbocycles. The Morgan fingerprint density at radius 2 is 1.71 bits per heavy atom. The van der Waals surface area contributed by atoms with Crippen LogP contribution in [0, 0.1) is 11.3 Å². The summed E-state index contributed by atoms with van der Waals surface area (Å²) < 4.78 is 8.08. The number of rotatable bonds is 4. The summed E-state index contributed by atoms with van der Waals surface area (Å²) in [5, 5.41) is 14.2. The van der Waals surface area contributed by atoms with Crippen molar-refractivity contribution in [2.45, 2.75) is 0 Å². The van der Waals surface area contributed by atoms with E-state index in [2.05, 4.69) is 32.1 Å². The number of hydrogen-bond acceptors (Lipinski definition) is 5. The molecule has 0 amide bonds. The third kappa shape index (κ3) is 3.33. The summed E-state index contributed by atoms with van der Waals surface area (Å²) in [4.78, 5) is 4.04. The second-order valence-corrected chi connectivity index (χ2v) is 6.75. The Hall–Kier alpha value is -3.63. The molecule has 0 saturated carbocycles. The third-order valence-electron chi connectivity index (χ3n) is 4.12. The fourth-order valence-electron chi connectivity index (χ4n) is 2.77. The number of para-hydroxylation sites is 1. The fraction of sp³-hybridized carbons (Fsp3) is 0. The molecule has 0 spiro atoms. The lowest BCUT2D eigenvalue weighted by molar-refractivity contribution is 0.483. The van der Waals surface area contributed by atoms with Gasteiger partial charge in [0.1, 0.15) is 34.6 Å². The van der Waals surface area contributed by atoms with E-state index in [1.807, 2.05) is 54.6 Å². The van der Waals surface area contributed by atoms with Gasteiger partial charge >= 0.3 is 0 Å². The molecule has 2 aromatic carbocycles. The Morgan fingerprint density at radius 3 is 2.39 bits per heavy atom. The van der Waals surface area contributed by atoms with Crippen molar-refractivity contribution in [1.82, 2.24) is 14.8 Å². The maximum absolute atomic E-state index is 9.61. The van der Waals surface area contributed by atoms with Crippen LogP contribution in [0.4, 0.5) is 5.82 Å². The summed E-state index contributed by atoms with van der Waals surface area (Å²) in [5.41, 5.74) is 8.50. The van der Waals surface area contributed by atoms with Crippen LogP contribution in [0.15, 0.2) is 77.5 Å². The molecule has 2 N–H and O–H groups in total. The summed E-state index contributed by atoms with van der Waals surface area (Å²) >= 11 is 3.44. The van der Waals surface area contributed by atoms with Gasteiger partial charge < -0.3 is 10.5 Å². The Morgan fingerprint density at radius 1 is 1.00 bits per heavy atom. The van der Waals surface area contributed by atoms with Crippen LogP contribution in [0.1, 0.15) is 5.56 Å². The maximum Gasteiger partial charge on any atom is 0.145 e. The minimum absolute atomic E-state index is 0.272. The zero-order chi connectivity index (χ0) is 19.5. The van der Waals surface area contributed by atoms with Crippen LogP contribution in [0.25, 0.3) is 16.9 Å². The molecular weight excluding hydrogens is 418 g/mol. The van der Waals surface area contributed by atoms with Gasteiger partial charge in [0.2, 0.25) is 0 Å². The van der Waals surface area contributed by atoms with E-state index in [0.29, 0.717) is 22.7 Å². The first-order valence-corrected chi connectivity index (χ1v) is 9.18. The van der Waals surface area contributed by atoms with Crippen molar-refractivity contribution in [2.75, 3.05) is 5.73 Å². The SMILES string of the molecule is N#Cc1c(-c2ccc(Oc3ccccc3)cc2)nn(-c2ccncc2Br)c1N. The van der Waals surface area contributed by atoms with Gasteiger partial charge in [0.15, 0.2) is 0 Å². The Bertz CT molecular complexity index is 1160. The molecular formula is C21H14BrN5O. The van der Waals surface area contributed by atoms with Crippen LogP contribution in [0.3, 0.4) is 0 Å². The number of nitrogens with two attached hydrogens (primary N) is 1. The van der Waals surface area contributed by atoms with Crippen LogP contribution < -0.4 is 10.5 Å². The van der Waals surface area contributed by atoms with Crippen LogP contribution in [0.2, 0.25) is 0 Å². The van der Waals surface area contributed by atoms with E-state index < -0.39 is 0 Å². The normalized spacial score (nSPS) is 10.4. The summed E-state index contributed by atoms with van der Waals surface area (Å²) in [7, 11) is 0. The van der Waals surface area contributed by atoms with Gasteiger partial charge in [0, 0.05) is 18.0 Å². The molecule has 0 fully saturated rings. The molecule has 2 aromatic heterocycles. The highest BCUT2D eigenvalue weighted by molar-refractivity contribution is 9.10. The lowest BCUT2D eigenvalue weighted by atomic mass is 10.1. The van der Waals surface area contributed by atoms with E-state index in [9.17, 15) is 5.26 Å². The largest absolute Gasteiger partial charge is 0.457 e. The van der Waals surface area contributed by atoms with E-state index in [1.54, 1.807) is 18.5 Å².